The molecule has 0 radical (unpaired) electrons. The topological polar surface area (TPSA) is 87.7 Å². The Morgan fingerprint density at radius 3 is 2.59 bits per heavy atom. The molecule has 0 aliphatic carbocycles. The van der Waals surface area contributed by atoms with Gasteiger partial charge in [0.05, 0.1) is 6.54 Å². The molecule has 0 aromatic heterocycles. The fourth-order valence-corrected chi connectivity index (χ4v) is 2.83. The lowest BCUT2D eigenvalue weighted by atomic mass is 9.96. The molecule has 1 heterocycles. The Kier molecular flexibility index (Phi) is 7.68. The smallest absolute Gasteiger partial charge is 0.223 e. The minimum atomic E-state index is -0.144. The average Bonchev–Trinajstić information content (AvgIpc) is 2.64. The summed E-state index contributed by atoms with van der Waals surface area (Å²) in [7, 11) is 0. The molecular weight excluding hydrogens is 346 g/mol. The van der Waals surface area contributed by atoms with Crippen molar-refractivity contribution in [2.75, 3.05) is 31.6 Å². The molecule has 1 fully saturated rings. The Hall–Kier alpha value is -3.01. The second-order valence-electron chi connectivity index (χ2n) is 6.35. The molecular formula is C20H25N3O4. The minimum Gasteiger partial charge on any atom is -0.481 e. The molecule has 7 nitrogen and oxygen atoms in total. The summed E-state index contributed by atoms with van der Waals surface area (Å²) >= 11 is 0. The van der Waals surface area contributed by atoms with Crippen molar-refractivity contribution in [3.8, 4) is 17.6 Å². The second-order valence-corrected chi connectivity index (χ2v) is 6.35. The number of anilines is 1. The molecule has 2 rings (SSSR count). The quantitative estimate of drug-likeness (QED) is 0.766. The standard InChI is InChI=1S/C20H25N3O4/c1-15(24)22-18-6-5-7-19(14-18)27-13-4-3-10-21-20(26)17-8-11-23(12-9-17)16(2)25/h5-7,14,17H,8-13H2,1-2H3,(H,21,26)(H,22,24). The van der Waals surface area contributed by atoms with Crippen LogP contribution in [-0.2, 0) is 14.4 Å². The molecule has 144 valence electrons. The van der Waals surface area contributed by atoms with E-state index in [-0.39, 0.29) is 36.8 Å². The zero-order valence-corrected chi connectivity index (χ0v) is 15.7. The van der Waals surface area contributed by atoms with Crippen LogP contribution in [0.5, 0.6) is 5.75 Å². The van der Waals surface area contributed by atoms with E-state index in [9.17, 15) is 14.4 Å². The van der Waals surface area contributed by atoms with E-state index in [1.54, 1.807) is 36.1 Å². The number of carbonyl (C=O) groups excluding carboxylic acids is 3. The number of likely N-dealkylation sites (tertiary alicyclic amines) is 1. The van der Waals surface area contributed by atoms with E-state index < -0.39 is 0 Å². The largest absolute Gasteiger partial charge is 0.481 e. The lowest BCUT2D eigenvalue weighted by Gasteiger charge is -2.30. The van der Waals surface area contributed by atoms with Gasteiger partial charge in [-0.1, -0.05) is 17.9 Å². The molecule has 0 bridgehead atoms. The number of piperidine rings is 1. The van der Waals surface area contributed by atoms with Crippen LogP contribution >= 0.6 is 0 Å². The molecule has 7 heteroatoms. The number of nitrogens with zero attached hydrogens (tertiary/aromatic N) is 1. The highest BCUT2D eigenvalue weighted by molar-refractivity contribution is 5.88. The first-order valence-corrected chi connectivity index (χ1v) is 8.95. The summed E-state index contributed by atoms with van der Waals surface area (Å²) in [5.74, 6) is 6.15. The molecule has 1 aliphatic rings. The van der Waals surface area contributed by atoms with Gasteiger partial charge in [-0.15, -0.1) is 0 Å². The van der Waals surface area contributed by atoms with E-state index in [1.165, 1.54) is 6.92 Å². The van der Waals surface area contributed by atoms with Gasteiger partial charge in [0.25, 0.3) is 0 Å². The summed E-state index contributed by atoms with van der Waals surface area (Å²) < 4.78 is 5.51. The van der Waals surface area contributed by atoms with E-state index >= 15 is 0 Å². The Bertz CT molecular complexity index is 743. The molecule has 1 aromatic rings. The van der Waals surface area contributed by atoms with Crippen LogP contribution in [0, 0.1) is 17.8 Å². The number of nitrogens with one attached hydrogen (secondary N) is 2. The molecule has 0 atom stereocenters. The van der Waals surface area contributed by atoms with E-state index in [2.05, 4.69) is 22.5 Å². The number of benzene rings is 1. The highest BCUT2D eigenvalue weighted by Gasteiger charge is 2.25. The van der Waals surface area contributed by atoms with Crippen molar-refractivity contribution in [2.24, 2.45) is 5.92 Å². The van der Waals surface area contributed by atoms with Crippen LogP contribution in [0.1, 0.15) is 26.7 Å². The highest BCUT2D eigenvalue weighted by Crippen LogP contribution is 2.18. The van der Waals surface area contributed by atoms with Crippen molar-refractivity contribution in [1.82, 2.24) is 10.2 Å². The van der Waals surface area contributed by atoms with Crippen LogP contribution in [-0.4, -0.2) is 48.9 Å². The van der Waals surface area contributed by atoms with Crippen molar-refractivity contribution in [2.45, 2.75) is 26.7 Å². The predicted octanol–water partition coefficient (Wildman–Crippen LogP) is 1.40. The molecule has 1 saturated heterocycles. The van der Waals surface area contributed by atoms with Crippen LogP contribution in [0.4, 0.5) is 5.69 Å². The molecule has 2 N–H and O–H groups in total. The van der Waals surface area contributed by atoms with Crippen LogP contribution in [0.3, 0.4) is 0 Å². The Labute approximate surface area is 159 Å². The fraction of sp³-hybridized carbons (Fsp3) is 0.450. The molecule has 1 aromatic carbocycles. The number of carbonyl (C=O) groups is 3. The molecule has 0 unspecified atom stereocenters. The molecule has 1 aliphatic heterocycles. The van der Waals surface area contributed by atoms with Crippen LogP contribution in [0.15, 0.2) is 24.3 Å². The number of hydrogen-bond acceptors (Lipinski definition) is 4. The van der Waals surface area contributed by atoms with Gasteiger partial charge >= 0.3 is 0 Å². The van der Waals surface area contributed by atoms with Crippen LogP contribution in [0.2, 0.25) is 0 Å². The van der Waals surface area contributed by atoms with E-state index in [0.29, 0.717) is 37.4 Å². The van der Waals surface area contributed by atoms with Gasteiger partial charge in [-0.2, -0.15) is 0 Å². The minimum absolute atomic E-state index is 0.0172. The van der Waals surface area contributed by atoms with Crippen molar-refractivity contribution in [3.05, 3.63) is 24.3 Å². The third-order valence-corrected chi connectivity index (χ3v) is 4.25. The summed E-state index contributed by atoms with van der Waals surface area (Å²) in [4.78, 5) is 36.2. The normalized spacial score (nSPS) is 13.9. The predicted molar refractivity (Wildman–Crippen MR) is 102 cm³/mol. The monoisotopic (exact) mass is 371 g/mol. The van der Waals surface area contributed by atoms with Crippen molar-refractivity contribution in [3.63, 3.8) is 0 Å². The van der Waals surface area contributed by atoms with E-state index in [4.69, 9.17) is 4.74 Å². The summed E-state index contributed by atoms with van der Waals surface area (Å²) in [6, 6.07) is 7.06. The van der Waals surface area contributed by atoms with Crippen LogP contribution in [0.25, 0.3) is 0 Å². The number of rotatable bonds is 5. The van der Waals surface area contributed by atoms with Gasteiger partial charge in [0.2, 0.25) is 17.7 Å². The molecule has 0 spiro atoms. The van der Waals surface area contributed by atoms with Crippen LogP contribution < -0.4 is 15.4 Å². The van der Waals surface area contributed by atoms with Gasteiger partial charge in [-0.25, -0.2) is 0 Å². The zero-order chi connectivity index (χ0) is 19.6. The fourth-order valence-electron chi connectivity index (χ4n) is 2.83. The summed E-state index contributed by atoms with van der Waals surface area (Å²) in [6.07, 6.45) is 1.37. The SMILES string of the molecule is CC(=O)Nc1cccc(OCC#CCNC(=O)C2CCN(C(C)=O)CC2)c1. The number of hydrogen-bond donors (Lipinski definition) is 2. The third-order valence-electron chi connectivity index (χ3n) is 4.25. The average molecular weight is 371 g/mol. The summed E-state index contributed by atoms with van der Waals surface area (Å²) in [5, 5.41) is 5.49. The first-order valence-electron chi connectivity index (χ1n) is 8.95. The molecule has 0 saturated carbocycles. The van der Waals surface area contributed by atoms with E-state index in [0.717, 1.165) is 0 Å². The van der Waals surface area contributed by atoms with Gasteiger partial charge in [0.1, 0.15) is 12.4 Å². The number of amides is 3. The van der Waals surface area contributed by atoms with Gasteiger partial charge in [0.15, 0.2) is 0 Å². The van der Waals surface area contributed by atoms with Gasteiger partial charge in [-0.05, 0) is 25.0 Å². The van der Waals surface area contributed by atoms with Crippen molar-refractivity contribution < 1.29 is 19.1 Å². The maximum Gasteiger partial charge on any atom is 0.223 e. The first-order chi connectivity index (χ1) is 13.0. The summed E-state index contributed by atoms with van der Waals surface area (Å²) in [5.41, 5.74) is 0.663. The van der Waals surface area contributed by atoms with Gasteiger partial charge in [-0.3, -0.25) is 14.4 Å². The number of ether oxygens (including phenoxy) is 1. The lowest BCUT2D eigenvalue weighted by molar-refractivity contribution is -0.133. The summed E-state index contributed by atoms with van der Waals surface area (Å²) in [6.45, 7) is 4.71. The van der Waals surface area contributed by atoms with Gasteiger partial charge < -0.3 is 20.3 Å². The second kappa shape index (κ2) is 10.2. The first kappa shape index (κ1) is 20.3. The zero-order valence-electron chi connectivity index (χ0n) is 15.7. The van der Waals surface area contributed by atoms with Crippen molar-refractivity contribution >= 4 is 23.4 Å². The lowest BCUT2D eigenvalue weighted by Crippen LogP contribution is -2.42. The van der Waals surface area contributed by atoms with Crippen molar-refractivity contribution in [1.29, 1.82) is 0 Å². The highest BCUT2D eigenvalue weighted by atomic mass is 16.5. The maximum atomic E-state index is 12.1. The Balaban J connectivity index is 1.67. The molecule has 3 amide bonds. The third kappa shape index (κ3) is 7.02. The molecule has 27 heavy (non-hydrogen) atoms. The van der Waals surface area contributed by atoms with E-state index in [1.807, 2.05) is 0 Å². The maximum absolute atomic E-state index is 12.1. The Morgan fingerprint density at radius 1 is 1.19 bits per heavy atom. The Morgan fingerprint density at radius 2 is 1.93 bits per heavy atom. The van der Waals surface area contributed by atoms with Gasteiger partial charge in [0, 0.05) is 44.6 Å².